The zero-order valence-electron chi connectivity index (χ0n) is 77.9. The molecule has 12 nitrogen and oxygen atoms in total. The van der Waals surface area contributed by atoms with Gasteiger partial charge in [-0.05, 0) is 190 Å². The van der Waals surface area contributed by atoms with Crippen molar-refractivity contribution >= 4 is 177 Å². The molecule has 0 spiro atoms. The minimum absolute atomic E-state index is 0. The summed E-state index contributed by atoms with van der Waals surface area (Å²) >= 11 is 18.5. The first-order valence-electron chi connectivity index (χ1n) is 45.4. The standard InChI is InChI=1S/C24H21ClN2O3.4C18H15P.C17H14Cl2N2O2.C7H9BO3.Pd/c1-30-20-9-4-16(5-10-20)14-27-22-11-8-19(25)12-21(22)24(26-13-23(27)29)18-6-2-17(15-28)3-7-18;4*1-4-10-16(11-5-1)19(17-12-6-2-7-13-17)18-14-8-3-9-15-18;1-23-13-5-2-11(3-6-13)10-21-15-7-4-12(18)8-14(15)17(19)20-9-16(21)22;1-11-7-4-2-6(3-5-7)8(9)10;/h2-12,28H,13-15H2,1H3;4*1-15H;2-8H,9-10H2,1H3;2-5,9-10H,1H3;. The number of rotatable bonds is 22. The molecule has 20 rings (SSSR count). The van der Waals surface area contributed by atoms with Crippen molar-refractivity contribution < 1.29 is 59.4 Å². The van der Waals surface area contributed by atoms with Crippen molar-refractivity contribution in [3.63, 3.8) is 0 Å². The summed E-state index contributed by atoms with van der Waals surface area (Å²) < 4.78 is 15.3. The van der Waals surface area contributed by atoms with Crippen molar-refractivity contribution in [2.75, 3.05) is 44.2 Å². The molecule has 706 valence electrons. The Labute approximate surface area is 861 Å². The van der Waals surface area contributed by atoms with Crippen LogP contribution in [0.1, 0.15) is 33.4 Å². The summed E-state index contributed by atoms with van der Waals surface area (Å²) in [4.78, 5) is 37.6. The van der Waals surface area contributed by atoms with Gasteiger partial charge in [-0.2, -0.15) is 0 Å². The van der Waals surface area contributed by atoms with E-state index in [1.165, 1.54) is 63.7 Å². The Bertz CT molecular complexity index is 6040. The molecule has 2 aliphatic heterocycles. The van der Waals surface area contributed by atoms with Crippen LogP contribution in [0, 0.1) is 0 Å². The van der Waals surface area contributed by atoms with E-state index < -0.39 is 38.8 Å². The Morgan fingerprint density at radius 2 is 0.518 bits per heavy atom. The molecule has 0 bridgehead atoms. The third kappa shape index (κ3) is 30.4. The zero-order chi connectivity index (χ0) is 97.4. The van der Waals surface area contributed by atoms with Gasteiger partial charge in [-0.3, -0.25) is 19.6 Å². The third-order valence-electron chi connectivity index (χ3n) is 22.3. The molecule has 0 aliphatic carbocycles. The van der Waals surface area contributed by atoms with E-state index in [4.69, 9.17) is 59.1 Å². The van der Waals surface area contributed by atoms with Gasteiger partial charge in [0.2, 0.25) is 11.8 Å². The number of hydrogen-bond acceptors (Lipinski definition) is 10. The van der Waals surface area contributed by atoms with E-state index >= 15 is 0 Å². The summed E-state index contributed by atoms with van der Waals surface area (Å²) in [5, 5.41) is 44.9. The maximum absolute atomic E-state index is 13.0. The molecule has 2 amide bonds. The predicted molar refractivity (Wildman–Crippen MR) is 595 cm³/mol. The number of carbonyl (C=O) groups is 2. The maximum atomic E-state index is 13.0. The summed E-state index contributed by atoms with van der Waals surface area (Å²) in [5.74, 6) is 2.05. The van der Waals surface area contributed by atoms with Crippen molar-refractivity contribution in [2.45, 2.75) is 19.7 Å². The Morgan fingerprint density at radius 1 is 0.291 bits per heavy atom. The fourth-order valence-corrected chi connectivity index (χ4v) is 25.2. The second-order valence-electron chi connectivity index (χ2n) is 31.6. The Morgan fingerprint density at radius 3 is 0.759 bits per heavy atom. The van der Waals surface area contributed by atoms with E-state index in [1.807, 2.05) is 84.9 Å². The number of nitrogens with zero attached hydrogens (tertiary/aromatic N) is 4. The molecule has 0 radical (unpaired) electrons. The van der Waals surface area contributed by atoms with E-state index in [-0.39, 0.29) is 51.9 Å². The number of amides is 2. The van der Waals surface area contributed by atoms with E-state index in [0.29, 0.717) is 56.5 Å². The predicted octanol–water partition coefficient (Wildman–Crippen LogP) is 21.3. The fraction of sp³-hybridized carbons (Fsp3) is 0.0667. The van der Waals surface area contributed by atoms with Gasteiger partial charge >= 0.3 is 7.12 Å². The Balaban J connectivity index is 0.000000140. The quantitative estimate of drug-likeness (QED) is 0.0448. The molecule has 0 fully saturated rings. The number of halogens is 3. The number of aliphatic imine (C=N–C) groups is 2. The zero-order valence-corrected chi connectivity index (χ0v) is 85.3. The fourth-order valence-electron chi connectivity index (χ4n) is 15.4. The van der Waals surface area contributed by atoms with Gasteiger partial charge in [0.05, 0.1) is 58.1 Å². The summed E-state index contributed by atoms with van der Waals surface area (Å²) in [6.07, 6.45) is 0. The smallest absolute Gasteiger partial charge is 0.488 e. The van der Waals surface area contributed by atoms with E-state index in [2.05, 4.69) is 374 Å². The molecule has 21 heteroatoms. The van der Waals surface area contributed by atoms with Crippen LogP contribution >= 0.6 is 66.5 Å². The average molecular weight is 2080 g/mol. The van der Waals surface area contributed by atoms with Crippen molar-refractivity contribution in [2.24, 2.45) is 9.98 Å². The molecule has 0 aromatic heterocycles. The molecule has 2 aliphatic rings. The Kier molecular flexibility index (Phi) is 41.6. The first-order chi connectivity index (χ1) is 68.7. The number of carbonyl (C=O) groups excluding carboxylic acids is 2. The van der Waals surface area contributed by atoms with Gasteiger partial charge in [-0.15, -0.1) is 0 Å². The van der Waals surface area contributed by atoms with Gasteiger partial charge in [0.25, 0.3) is 0 Å². The average Bonchev–Trinajstić information content (AvgIpc) is 1.69. The number of fused-ring (bicyclic) bond motifs is 2. The molecule has 2 heterocycles. The first-order valence-corrected chi connectivity index (χ1v) is 51.9. The van der Waals surface area contributed by atoms with Crippen LogP contribution in [0.25, 0.3) is 0 Å². The van der Waals surface area contributed by atoms with Crippen LogP contribution in [0.5, 0.6) is 17.2 Å². The normalized spacial score (nSPS) is 11.6. The summed E-state index contributed by atoms with van der Waals surface area (Å²) in [5.41, 5.74) is 7.78. The van der Waals surface area contributed by atoms with Crippen LogP contribution in [0.15, 0.2) is 507 Å². The number of hydrogen-bond donors (Lipinski definition) is 3. The SMILES string of the molecule is COc1ccc(B(O)O)cc1.COc1ccc(CN2C(=O)CN=C(Cl)c3cc(Cl)ccc32)cc1.COc1ccc(CN2C(=O)CN=C(c3ccc(CO)cc3)c3cc(Cl)ccc32)cc1.[Pd].c1ccc(P(c2ccccc2)c2ccccc2)cc1.c1ccc(P(c2ccccc2)c2ccccc2)cc1.c1ccc(P(c2ccccc2)c2ccccc2)cc1.c1ccc(P(c2ccccc2)c2ccccc2)cc1. The third-order valence-corrected chi connectivity index (χ3v) is 32.9. The largest absolute Gasteiger partial charge is 0.497 e. The van der Waals surface area contributed by atoms with E-state index in [9.17, 15) is 14.7 Å². The summed E-state index contributed by atoms with van der Waals surface area (Å²) in [6.45, 7) is 0.880. The summed E-state index contributed by atoms with van der Waals surface area (Å²) in [7, 11) is 1.62. The van der Waals surface area contributed by atoms with Gasteiger partial charge in [-0.1, -0.05) is 459 Å². The molecule has 0 saturated heterocycles. The molecule has 0 unspecified atom stereocenters. The van der Waals surface area contributed by atoms with E-state index in [1.54, 1.807) is 79.7 Å². The van der Waals surface area contributed by atoms with Gasteiger partial charge in [0.1, 0.15) is 35.5 Å². The van der Waals surface area contributed by atoms with Crippen molar-refractivity contribution in [3.05, 3.63) is 541 Å². The van der Waals surface area contributed by atoms with Gasteiger partial charge in [0, 0.05) is 47.2 Å². The van der Waals surface area contributed by atoms with Gasteiger partial charge in [-0.25, -0.2) is 0 Å². The van der Waals surface area contributed by atoms with Gasteiger partial charge in [0.15, 0.2) is 0 Å². The van der Waals surface area contributed by atoms with Crippen LogP contribution in [-0.4, -0.2) is 79.4 Å². The molecule has 18 aromatic carbocycles. The van der Waals surface area contributed by atoms with Crippen LogP contribution in [0.3, 0.4) is 0 Å². The van der Waals surface area contributed by atoms with Crippen LogP contribution in [0.4, 0.5) is 11.4 Å². The molecule has 0 saturated carbocycles. The summed E-state index contributed by atoms with van der Waals surface area (Å²) in [6, 6.07) is 169. The molecule has 0 atom stereocenters. The topological polar surface area (TPSA) is 154 Å². The molecule has 3 N–H and O–H groups in total. The minimum Gasteiger partial charge on any atom is -0.497 e. The maximum Gasteiger partial charge on any atom is 0.488 e. The molecule has 141 heavy (non-hydrogen) atoms. The number of benzodiazepines with no additional fused rings is 2. The molecule has 18 aromatic rings. The van der Waals surface area contributed by atoms with Crippen molar-refractivity contribution in [1.82, 2.24) is 0 Å². The number of benzene rings is 18. The van der Waals surface area contributed by atoms with Crippen molar-refractivity contribution in [3.8, 4) is 17.2 Å². The number of aliphatic hydroxyl groups excluding tert-OH is 1. The van der Waals surface area contributed by atoms with E-state index in [0.717, 1.165) is 45.0 Å². The number of methoxy groups -OCH3 is 3. The molecular weight excluding hydrogens is 1970 g/mol. The molecular formula is C120H104BCl3N4O8P4Pd. The van der Waals surface area contributed by atoms with Crippen LogP contribution in [-0.2, 0) is 49.7 Å². The number of ether oxygens (including phenoxy) is 3. The minimum atomic E-state index is -1.40. The first kappa shape index (κ1) is 105. The van der Waals surface area contributed by atoms with Crippen LogP contribution < -0.4 is 93.1 Å². The van der Waals surface area contributed by atoms with Gasteiger partial charge < -0.3 is 39.2 Å². The number of anilines is 2. The van der Waals surface area contributed by atoms with Crippen LogP contribution in [0.2, 0.25) is 10.0 Å². The number of aliphatic hydroxyl groups is 1. The monoisotopic (exact) mass is 2070 g/mol. The second-order valence-corrected chi connectivity index (χ2v) is 41.7. The Hall–Kier alpha value is -13.2. The second kappa shape index (κ2) is 55.7. The van der Waals surface area contributed by atoms with Crippen molar-refractivity contribution in [1.29, 1.82) is 0 Å².